The van der Waals surface area contributed by atoms with Gasteiger partial charge in [-0.3, -0.25) is 0 Å². The summed E-state index contributed by atoms with van der Waals surface area (Å²) in [5.41, 5.74) is 14.6. The Morgan fingerprint density at radius 2 is 0.633 bits per heavy atom. The lowest BCUT2D eigenvalue weighted by molar-refractivity contribution is 0.0821. The zero-order valence-electron chi connectivity index (χ0n) is 18.0. The van der Waals surface area contributed by atoms with Gasteiger partial charge in [0.1, 0.15) is 18.3 Å². The minimum absolute atomic E-state index is 0.103. The number of carbonyl (C=O) groups excluding carboxylic acids is 3. The van der Waals surface area contributed by atoms with E-state index in [0.717, 1.165) is 77.0 Å². The van der Waals surface area contributed by atoms with Gasteiger partial charge in [0.25, 0.3) is 0 Å². The predicted molar refractivity (Wildman–Crippen MR) is 113 cm³/mol. The number of ether oxygens (including phenoxy) is 3. The highest BCUT2D eigenvalue weighted by Gasteiger charge is 2.17. The number of primary amides is 3. The first-order valence-corrected chi connectivity index (χ1v) is 11.2. The maximum Gasteiger partial charge on any atom is 0.404 e. The Morgan fingerprint density at radius 1 is 0.433 bits per heavy atom. The van der Waals surface area contributed by atoms with Crippen LogP contribution >= 0.6 is 0 Å². The van der Waals surface area contributed by atoms with Crippen LogP contribution in [-0.2, 0) is 14.2 Å². The van der Waals surface area contributed by atoms with Gasteiger partial charge in [-0.2, -0.15) is 0 Å². The highest BCUT2D eigenvalue weighted by Crippen LogP contribution is 2.21. The number of amides is 3. The molecule has 0 radical (unpaired) electrons. The van der Waals surface area contributed by atoms with Gasteiger partial charge in [0, 0.05) is 0 Å². The van der Waals surface area contributed by atoms with Crippen molar-refractivity contribution < 1.29 is 28.6 Å². The van der Waals surface area contributed by atoms with Gasteiger partial charge >= 0.3 is 18.3 Å². The molecule has 0 aromatic rings. The van der Waals surface area contributed by atoms with Crippen LogP contribution in [0.1, 0.15) is 96.3 Å². The zero-order valence-corrected chi connectivity index (χ0v) is 18.0. The SMILES string of the molecule is NC(=O)OC1CCCCC1.NC(=O)OC1CCCCC1.NC(=O)OC1CCCCC1. The van der Waals surface area contributed by atoms with E-state index in [1.807, 2.05) is 0 Å². The Morgan fingerprint density at radius 3 is 0.800 bits per heavy atom. The fraction of sp³-hybridized carbons (Fsp3) is 0.857. The van der Waals surface area contributed by atoms with Gasteiger partial charge in [-0.25, -0.2) is 14.4 Å². The van der Waals surface area contributed by atoms with Crippen LogP contribution in [0.2, 0.25) is 0 Å². The molecule has 3 aliphatic carbocycles. The molecule has 3 saturated carbocycles. The van der Waals surface area contributed by atoms with E-state index >= 15 is 0 Å². The molecule has 0 unspecified atom stereocenters. The van der Waals surface area contributed by atoms with Crippen LogP contribution in [0.5, 0.6) is 0 Å². The maximum atomic E-state index is 10.3. The molecule has 0 aliphatic heterocycles. The largest absolute Gasteiger partial charge is 0.446 e. The maximum absolute atomic E-state index is 10.3. The summed E-state index contributed by atoms with van der Waals surface area (Å²) >= 11 is 0. The molecular weight excluding hydrogens is 390 g/mol. The molecule has 9 heteroatoms. The van der Waals surface area contributed by atoms with Crippen molar-refractivity contribution in [3.63, 3.8) is 0 Å². The zero-order chi connectivity index (χ0) is 22.2. The average molecular weight is 430 g/mol. The lowest BCUT2D eigenvalue weighted by atomic mass is 9.98. The Kier molecular flexibility index (Phi) is 13.5. The van der Waals surface area contributed by atoms with Crippen LogP contribution in [0.15, 0.2) is 0 Å². The second kappa shape index (κ2) is 15.6. The summed E-state index contributed by atoms with van der Waals surface area (Å²) < 4.78 is 14.5. The van der Waals surface area contributed by atoms with Crippen molar-refractivity contribution in [3.05, 3.63) is 0 Å². The van der Waals surface area contributed by atoms with Crippen LogP contribution in [-0.4, -0.2) is 36.6 Å². The summed E-state index contributed by atoms with van der Waals surface area (Å²) in [6.45, 7) is 0. The second-order valence-electron chi connectivity index (χ2n) is 8.09. The van der Waals surface area contributed by atoms with Gasteiger partial charge in [0.15, 0.2) is 0 Å². The minimum Gasteiger partial charge on any atom is -0.446 e. The van der Waals surface area contributed by atoms with Gasteiger partial charge in [0.2, 0.25) is 0 Å². The summed E-state index contributed by atoms with van der Waals surface area (Å²) in [6, 6.07) is 0. The van der Waals surface area contributed by atoms with Gasteiger partial charge in [0.05, 0.1) is 0 Å². The van der Waals surface area contributed by atoms with Crippen LogP contribution in [0.25, 0.3) is 0 Å². The Hall–Kier alpha value is -2.19. The van der Waals surface area contributed by atoms with Crippen molar-refractivity contribution in [2.24, 2.45) is 17.2 Å². The van der Waals surface area contributed by atoms with E-state index in [0.29, 0.717) is 0 Å². The molecule has 3 rings (SSSR count). The van der Waals surface area contributed by atoms with E-state index in [2.05, 4.69) is 0 Å². The molecule has 0 aromatic carbocycles. The summed E-state index contributed by atoms with van der Waals surface area (Å²) in [4.78, 5) is 30.8. The fourth-order valence-corrected chi connectivity index (χ4v) is 4.04. The molecule has 0 saturated heterocycles. The fourth-order valence-electron chi connectivity index (χ4n) is 4.04. The second-order valence-corrected chi connectivity index (χ2v) is 8.09. The number of hydrogen-bond donors (Lipinski definition) is 3. The molecule has 3 aliphatic rings. The summed E-state index contributed by atoms with van der Waals surface area (Å²) in [7, 11) is 0. The molecule has 0 spiro atoms. The number of nitrogens with two attached hydrogens (primary N) is 3. The van der Waals surface area contributed by atoms with E-state index in [1.165, 1.54) is 19.3 Å². The highest BCUT2D eigenvalue weighted by molar-refractivity contribution is 5.65. The van der Waals surface area contributed by atoms with E-state index < -0.39 is 18.3 Å². The van der Waals surface area contributed by atoms with Crippen LogP contribution in [0, 0.1) is 0 Å². The third-order valence-corrected chi connectivity index (χ3v) is 5.51. The standard InChI is InChI=1S/3C7H13NO2/c3*8-7(9)10-6-4-2-1-3-5-6/h3*6H,1-5H2,(H2,8,9). The lowest BCUT2D eigenvalue weighted by Gasteiger charge is -2.20. The van der Waals surface area contributed by atoms with Crippen LogP contribution < -0.4 is 17.2 Å². The molecule has 3 fully saturated rings. The first-order chi connectivity index (χ1) is 14.4. The Balaban J connectivity index is 0.000000225. The van der Waals surface area contributed by atoms with Crippen LogP contribution in [0.4, 0.5) is 14.4 Å². The Bertz CT molecular complexity index is 428. The van der Waals surface area contributed by atoms with Crippen molar-refractivity contribution in [3.8, 4) is 0 Å². The summed E-state index contributed by atoms with van der Waals surface area (Å²) in [5, 5.41) is 0. The molecule has 0 aromatic heterocycles. The lowest BCUT2D eigenvalue weighted by Crippen LogP contribution is -2.24. The number of carbonyl (C=O) groups is 3. The van der Waals surface area contributed by atoms with Crippen molar-refractivity contribution in [1.82, 2.24) is 0 Å². The molecule has 6 N–H and O–H groups in total. The van der Waals surface area contributed by atoms with E-state index in [-0.39, 0.29) is 18.3 Å². The molecular formula is C21H39N3O6. The van der Waals surface area contributed by atoms with Gasteiger partial charge in [-0.05, 0) is 77.0 Å². The third-order valence-electron chi connectivity index (χ3n) is 5.51. The normalized spacial score (nSPS) is 20.4. The third kappa shape index (κ3) is 13.9. The van der Waals surface area contributed by atoms with E-state index in [1.54, 1.807) is 0 Å². The molecule has 174 valence electrons. The Labute approximate surface area is 179 Å². The first kappa shape index (κ1) is 25.8. The minimum atomic E-state index is -0.632. The first-order valence-electron chi connectivity index (χ1n) is 11.2. The summed E-state index contributed by atoms with van der Waals surface area (Å²) in [5.74, 6) is 0. The van der Waals surface area contributed by atoms with Crippen molar-refractivity contribution in [2.75, 3.05) is 0 Å². The molecule has 0 heterocycles. The van der Waals surface area contributed by atoms with Gasteiger partial charge in [-0.15, -0.1) is 0 Å². The van der Waals surface area contributed by atoms with Crippen molar-refractivity contribution in [2.45, 2.75) is 115 Å². The van der Waals surface area contributed by atoms with Crippen molar-refractivity contribution >= 4 is 18.3 Å². The molecule has 9 nitrogen and oxygen atoms in total. The number of rotatable bonds is 3. The average Bonchev–Trinajstić information content (AvgIpc) is 2.70. The highest BCUT2D eigenvalue weighted by atomic mass is 16.6. The summed E-state index contributed by atoms with van der Waals surface area (Å²) in [6.07, 6.45) is 15.1. The van der Waals surface area contributed by atoms with E-state index in [4.69, 9.17) is 31.4 Å². The van der Waals surface area contributed by atoms with Crippen LogP contribution in [0.3, 0.4) is 0 Å². The molecule has 0 bridgehead atoms. The smallest absolute Gasteiger partial charge is 0.404 e. The monoisotopic (exact) mass is 429 g/mol. The topological polar surface area (TPSA) is 157 Å². The van der Waals surface area contributed by atoms with Gasteiger partial charge in [-0.1, -0.05) is 19.3 Å². The molecule has 30 heavy (non-hydrogen) atoms. The van der Waals surface area contributed by atoms with Gasteiger partial charge < -0.3 is 31.4 Å². The van der Waals surface area contributed by atoms with E-state index in [9.17, 15) is 14.4 Å². The molecule has 0 atom stereocenters. The van der Waals surface area contributed by atoms with Crippen molar-refractivity contribution in [1.29, 1.82) is 0 Å². The number of hydrogen-bond acceptors (Lipinski definition) is 6. The quantitative estimate of drug-likeness (QED) is 0.569. The predicted octanol–water partition coefficient (Wildman–Crippen LogP) is 4.24. The molecule has 3 amide bonds.